The van der Waals surface area contributed by atoms with Gasteiger partial charge in [-0.25, -0.2) is 0 Å². The van der Waals surface area contributed by atoms with Gasteiger partial charge >= 0.3 is 0 Å². The number of carbonyl (C=O) groups excluding carboxylic acids is 1. The van der Waals surface area contributed by atoms with E-state index in [1.807, 2.05) is 6.07 Å². The molecule has 0 unspecified atom stereocenters. The first-order valence-electron chi connectivity index (χ1n) is 8.18. The van der Waals surface area contributed by atoms with Gasteiger partial charge in [0.25, 0.3) is 0 Å². The molecule has 120 valence electrons. The molecule has 1 aromatic rings. The van der Waals surface area contributed by atoms with E-state index in [9.17, 15) is 4.79 Å². The van der Waals surface area contributed by atoms with Crippen molar-refractivity contribution in [2.75, 3.05) is 0 Å². The van der Waals surface area contributed by atoms with Gasteiger partial charge in [-0.3, -0.25) is 4.79 Å². The summed E-state index contributed by atoms with van der Waals surface area (Å²) < 4.78 is 0. The van der Waals surface area contributed by atoms with Crippen molar-refractivity contribution in [3.63, 3.8) is 0 Å². The summed E-state index contributed by atoms with van der Waals surface area (Å²) in [5.74, 6) is 0.725. The zero-order valence-electron chi connectivity index (χ0n) is 13.2. The maximum absolute atomic E-state index is 13.4. The van der Waals surface area contributed by atoms with Crippen LogP contribution in [0.2, 0.25) is 10.0 Å². The number of halogens is 2. The number of nitrogens with one attached hydrogen (secondary N) is 1. The Balaban J connectivity index is 1.98. The summed E-state index contributed by atoms with van der Waals surface area (Å²) in [5, 5.41) is 4.64. The van der Waals surface area contributed by atoms with Crippen molar-refractivity contribution >= 4 is 29.0 Å². The van der Waals surface area contributed by atoms with E-state index in [0.29, 0.717) is 33.6 Å². The zero-order chi connectivity index (χ0) is 15.9. The number of rotatable bonds is 4. The maximum Gasteiger partial charge on any atom is 0.170 e. The first-order valence-corrected chi connectivity index (χ1v) is 8.94. The topological polar surface area (TPSA) is 29.1 Å². The van der Waals surface area contributed by atoms with Crippen LogP contribution >= 0.6 is 23.2 Å². The van der Waals surface area contributed by atoms with Crippen LogP contribution < -0.4 is 5.32 Å². The first kappa shape index (κ1) is 16.3. The fourth-order valence-corrected chi connectivity index (χ4v) is 4.65. The van der Waals surface area contributed by atoms with Crippen LogP contribution in [-0.2, 0) is 0 Å². The Morgan fingerprint density at radius 3 is 2.73 bits per heavy atom. The van der Waals surface area contributed by atoms with Crippen molar-refractivity contribution in [1.29, 1.82) is 0 Å². The van der Waals surface area contributed by atoms with Crippen molar-refractivity contribution in [2.45, 2.75) is 58.0 Å². The second-order valence-electron chi connectivity index (χ2n) is 7.24. The summed E-state index contributed by atoms with van der Waals surface area (Å²) in [5.41, 5.74) is 0.403. The van der Waals surface area contributed by atoms with Crippen molar-refractivity contribution in [3.8, 4) is 0 Å². The lowest BCUT2D eigenvalue weighted by Gasteiger charge is -2.43. The highest BCUT2D eigenvalue weighted by atomic mass is 35.5. The Kier molecular flexibility index (Phi) is 4.55. The van der Waals surface area contributed by atoms with E-state index in [4.69, 9.17) is 23.2 Å². The van der Waals surface area contributed by atoms with Crippen LogP contribution in [0.15, 0.2) is 18.2 Å². The molecule has 2 fully saturated rings. The lowest BCUT2D eigenvalue weighted by Crippen LogP contribution is -2.53. The molecule has 0 aliphatic carbocycles. The smallest absolute Gasteiger partial charge is 0.170 e. The molecule has 2 saturated heterocycles. The number of hydrogen-bond acceptors (Lipinski definition) is 2. The summed E-state index contributed by atoms with van der Waals surface area (Å²) >= 11 is 12.1. The van der Waals surface area contributed by atoms with Crippen LogP contribution in [-0.4, -0.2) is 17.9 Å². The van der Waals surface area contributed by atoms with E-state index in [0.717, 1.165) is 25.7 Å². The third-order valence-corrected chi connectivity index (χ3v) is 5.99. The van der Waals surface area contributed by atoms with Crippen LogP contribution in [0.3, 0.4) is 0 Å². The summed E-state index contributed by atoms with van der Waals surface area (Å²) in [6, 6.07) is 6.19. The fraction of sp³-hybridized carbons (Fsp3) is 0.611. The van der Waals surface area contributed by atoms with Gasteiger partial charge in [0.2, 0.25) is 0 Å². The van der Waals surface area contributed by atoms with E-state index in [2.05, 4.69) is 19.2 Å². The molecule has 4 heteroatoms. The van der Waals surface area contributed by atoms with E-state index < -0.39 is 0 Å². The van der Waals surface area contributed by atoms with Crippen LogP contribution in [0.1, 0.15) is 56.3 Å². The second-order valence-corrected chi connectivity index (χ2v) is 8.06. The van der Waals surface area contributed by atoms with Gasteiger partial charge in [-0.15, -0.1) is 0 Å². The highest BCUT2D eigenvalue weighted by Crippen LogP contribution is 2.47. The molecular formula is C18H23Cl2NO. The molecule has 3 rings (SSSR count). The normalized spacial score (nSPS) is 30.8. The third kappa shape index (κ3) is 2.81. The molecule has 2 aliphatic heterocycles. The summed E-state index contributed by atoms with van der Waals surface area (Å²) in [4.78, 5) is 13.4. The average molecular weight is 340 g/mol. The standard InChI is InChI=1S/C18H23Cl2NO/c1-11(2)10-18(8-7-13-4-6-16(18)21-13)17(22)12-3-5-14(19)15(20)9-12/h3,5,9,11,13,16,21H,4,6-8,10H2,1-2H3/t13-,16+,18-/m0/s1. The van der Waals surface area contributed by atoms with Crippen molar-refractivity contribution in [1.82, 2.24) is 5.32 Å². The Hall–Kier alpha value is -0.570. The molecule has 0 spiro atoms. The SMILES string of the molecule is CC(C)C[C@@]1(C(=O)c2ccc(Cl)c(Cl)c2)CC[C@@H]2CC[C@H]1N2. The largest absolute Gasteiger partial charge is 0.310 e. The molecule has 1 N–H and O–H groups in total. The minimum atomic E-state index is -0.293. The van der Waals surface area contributed by atoms with Gasteiger partial charge in [0.15, 0.2) is 5.78 Å². The van der Waals surface area contributed by atoms with Crippen molar-refractivity contribution in [2.24, 2.45) is 11.3 Å². The lowest BCUT2D eigenvalue weighted by atomic mass is 9.65. The van der Waals surface area contributed by atoms with Gasteiger partial charge in [-0.1, -0.05) is 37.0 Å². The number of piperidine rings is 1. The number of hydrogen-bond donors (Lipinski definition) is 1. The summed E-state index contributed by atoms with van der Waals surface area (Å²) in [6.07, 6.45) is 5.29. The van der Waals surface area contributed by atoms with Gasteiger partial charge < -0.3 is 5.32 Å². The molecule has 0 aromatic heterocycles. The number of fused-ring (bicyclic) bond motifs is 2. The Morgan fingerprint density at radius 1 is 1.27 bits per heavy atom. The average Bonchev–Trinajstić information content (AvgIpc) is 2.88. The molecule has 0 saturated carbocycles. The van der Waals surface area contributed by atoms with Gasteiger partial charge in [0.05, 0.1) is 10.0 Å². The van der Waals surface area contributed by atoms with Crippen LogP contribution in [0.25, 0.3) is 0 Å². The van der Waals surface area contributed by atoms with Crippen LogP contribution in [0.4, 0.5) is 0 Å². The molecule has 0 amide bonds. The molecule has 1 aromatic carbocycles. The predicted octanol–water partition coefficient (Wildman–Crippen LogP) is 5.12. The molecule has 2 aliphatic rings. The van der Waals surface area contributed by atoms with Gasteiger partial charge in [-0.05, 0) is 56.2 Å². The Morgan fingerprint density at radius 2 is 2.05 bits per heavy atom. The van der Waals surface area contributed by atoms with E-state index in [1.54, 1.807) is 12.1 Å². The van der Waals surface area contributed by atoms with E-state index in [-0.39, 0.29) is 11.2 Å². The second kappa shape index (κ2) is 6.14. The van der Waals surface area contributed by atoms with Gasteiger partial charge in [-0.2, -0.15) is 0 Å². The van der Waals surface area contributed by atoms with Crippen LogP contribution in [0.5, 0.6) is 0 Å². The van der Waals surface area contributed by atoms with Crippen LogP contribution in [0, 0.1) is 11.3 Å². The van der Waals surface area contributed by atoms with E-state index >= 15 is 0 Å². The number of benzene rings is 1. The number of ketones is 1. The summed E-state index contributed by atoms with van der Waals surface area (Å²) in [7, 11) is 0. The minimum Gasteiger partial charge on any atom is -0.310 e. The minimum absolute atomic E-state index is 0.234. The highest BCUT2D eigenvalue weighted by Gasteiger charge is 2.51. The zero-order valence-corrected chi connectivity index (χ0v) is 14.7. The Labute approximate surface area is 142 Å². The monoisotopic (exact) mass is 339 g/mol. The van der Waals surface area contributed by atoms with Crippen molar-refractivity contribution in [3.05, 3.63) is 33.8 Å². The third-order valence-electron chi connectivity index (χ3n) is 5.25. The fourth-order valence-electron chi connectivity index (χ4n) is 4.35. The molecule has 2 bridgehead atoms. The molecule has 3 atom stereocenters. The number of carbonyl (C=O) groups is 1. The Bertz CT molecular complexity index is 586. The van der Waals surface area contributed by atoms with E-state index in [1.165, 1.54) is 6.42 Å². The van der Waals surface area contributed by atoms with Gasteiger partial charge in [0.1, 0.15) is 0 Å². The first-order chi connectivity index (χ1) is 10.4. The quantitative estimate of drug-likeness (QED) is 0.771. The highest BCUT2D eigenvalue weighted by molar-refractivity contribution is 6.42. The molecule has 22 heavy (non-hydrogen) atoms. The van der Waals surface area contributed by atoms with Gasteiger partial charge in [0, 0.05) is 23.1 Å². The maximum atomic E-state index is 13.4. The predicted molar refractivity (Wildman–Crippen MR) is 91.9 cm³/mol. The molecule has 0 radical (unpaired) electrons. The lowest BCUT2D eigenvalue weighted by molar-refractivity contribution is 0.0578. The van der Waals surface area contributed by atoms with Crippen molar-refractivity contribution < 1.29 is 4.79 Å². The molecule has 2 nitrogen and oxygen atoms in total. The molecule has 2 heterocycles. The molecular weight excluding hydrogens is 317 g/mol. The number of Topliss-reactive ketones (excluding diaryl/α,β-unsaturated/α-hetero) is 1. The summed E-state index contributed by atoms with van der Waals surface area (Å²) in [6.45, 7) is 4.40.